The van der Waals surface area contributed by atoms with Crippen molar-refractivity contribution in [3.63, 3.8) is 0 Å². The number of amides is 2. The maximum Gasteiger partial charge on any atom is 0.319 e. The molecule has 1 heterocycles. The molecule has 0 atom stereocenters. The number of hydrogen-bond donors (Lipinski definition) is 2. The lowest BCUT2D eigenvalue weighted by molar-refractivity contribution is 0.251. The predicted molar refractivity (Wildman–Crippen MR) is 70.5 cm³/mol. The topological polar surface area (TPSA) is 54.3 Å². The van der Waals surface area contributed by atoms with Crippen LogP contribution in [0.4, 0.5) is 10.5 Å². The van der Waals surface area contributed by atoms with Gasteiger partial charge in [-0.05, 0) is 37.1 Å². The molecule has 2 N–H and O–H groups in total. The summed E-state index contributed by atoms with van der Waals surface area (Å²) in [6.45, 7) is 4.46. The first-order chi connectivity index (χ1) is 8.66. The average molecular weight is 244 g/mol. The summed E-state index contributed by atoms with van der Waals surface area (Å²) in [6.07, 6.45) is 3.19. The fourth-order valence-electron chi connectivity index (χ4n) is 1.63. The van der Waals surface area contributed by atoms with Crippen LogP contribution in [0.3, 0.4) is 0 Å². The highest BCUT2D eigenvalue weighted by Gasteiger charge is 2.05. The fourth-order valence-corrected chi connectivity index (χ4v) is 1.63. The summed E-state index contributed by atoms with van der Waals surface area (Å²) < 4.78 is 4.93. The number of rotatable bonds is 3. The van der Waals surface area contributed by atoms with Gasteiger partial charge in [0.1, 0.15) is 0 Å². The smallest absolute Gasteiger partial charge is 0.319 e. The first kappa shape index (κ1) is 12.2. The second-order valence-corrected chi connectivity index (χ2v) is 4.19. The maximum atomic E-state index is 11.7. The van der Waals surface area contributed by atoms with Crippen LogP contribution in [-0.2, 0) is 6.54 Å². The Bertz CT molecular complexity index is 533. The van der Waals surface area contributed by atoms with Crippen LogP contribution in [0.25, 0.3) is 0 Å². The van der Waals surface area contributed by atoms with E-state index in [2.05, 4.69) is 10.6 Å². The van der Waals surface area contributed by atoms with Crippen molar-refractivity contribution in [1.82, 2.24) is 5.32 Å². The molecule has 0 aliphatic carbocycles. The monoisotopic (exact) mass is 244 g/mol. The van der Waals surface area contributed by atoms with Gasteiger partial charge in [0.25, 0.3) is 0 Å². The van der Waals surface area contributed by atoms with Gasteiger partial charge < -0.3 is 15.1 Å². The molecular weight excluding hydrogens is 228 g/mol. The molecule has 0 unspecified atom stereocenters. The van der Waals surface area contributed by atoms with Crippen molar-refractivity contribution >= 4 is 11.7 Å². The first-order valence-corrected chi connectivity index (χ1v) is 5.79. The summed E-state index contributed by atoms with van der Waals surface area (Å²) in [5.74, 6) is 0. The van der Waals surface area contributed by atoms with Gasteiger partial charge in [-0.25, -0.2) is 4.79 Å². The third kappa shape index (κ3) is 2.91. The van der Waals surface area contributed by atoms with E-state index in [1.807, 2.05) is 38.1 Å². The third-order valence-electron chi connectivity index (χ3n) is 2.89. The van der Waals surface area contributed by atoms with E-state index in [4.69, 9.17) is 4.42 Å². The van der Waals surface area contributed by atoms with Crippen LogP contribution in [-0.4, -0.2) is 6.03 Å². The molecule has 94 valence electrons. The highest BCUT2D eigenvalue weighted by molar-refractivity contribution is 5.90. The van der Waals surface area contributed by atoms with Crippen LogP contribution >= 0.6 is 0 Å². The van der Waals surface area contributed by atoms with Gasteiger partial charge in [0.2, 0.25) is 0 Å². The molecule has 1 aromatic heterocycles. The SMILES string of the molecule is Cc1cccc(NC(=O)NCc2ccoc2)c1C. The van der Waals surface area contributed by atoms with Crippen molar-refractivity contribution in [2.75, 3.05) is 5.32 Å². The van der Waals surface area contributed by atoms with E-state index < -0.39 is 0 Å². The Morgan fingerprint density at radius 3 is 2.83 bits per heavy atom. The van der Waals surface area contributed by atoms with E-state index in [-0.39, 0.29) is 6.03 Å². The van der Waals surface area contributed by atoms with E-state index in [9.17, 15) is 4.79 Å². The summed E-state index contributed by atoms with van der Waals surface area (Å²) in [5.41, 5.74) is 4.00. The van der Waals surface area contributed by atoms with Crippen LogP contribution in [0.1, 0.15) is 16.7 Å². The van der Waals surface area contributed by atoms with Gasteiger partial charge in [-0.15, -0.1) is 0 Å². The quantitative estimate of drug-likeness (QED) is 0.871. The predicted octanol–water partition coefficient (Wildman–Crippen LogP) is 3.22. The standard InChI is InChI=1S/C14H16N2O2/c1-10-4-3-5-13(11(10)2)16-14(17)15-8-12-6-7-18-9-12/h3-7,9H,8H2,1-2H3,(H2,15,16,17). The molecule has 0 radical (unpaired) electrons. The normalized spacial score (nSPS) is 10.1. The zero-order chi connectivity index (χ0) is 13.0. The van der Waals surface area contributed by atoms with Crippen molar-refractivity contribution in [3.8, 4) is 0 Å². The lowest BCUT2D eigenvalue weighted by Crippen LogP contribution is -2.28. The van der Waals surface area contributed by atoms with Crippen LogP contribution in [0.2, 0.25) is 0 Å². The van der Waals surface area contributed by atoms with Crippen molar-refractivity contribution in [2.24, 2.45) is 0 Å². The number of benzene rings is 1. The molecule has 0 fully saturated rings. The molecular formula is C14H16N2O2. The lowest BCUT2D eigenvalue weighted by Gasteiger charge is -2.10. The fraction of sp³-hybridized carbons (Fsp3) is 0.214. The van der Waals surface area contributed by atoms with Crippen LogP contribution in [0.5, 0.6) is 0 Å². The molecule has 4 heteroatoms. The number of furan rings is 1. The minimum atomic E-state index is -0.218. The number of nitrogens with one attached hydrogen (secondary N) is 2. The summed E-state index contributed by atoms with van der Waals surface area (Å²) in [6, 6.07) is 7.43. The Morgan fingerprint density at radius 1 is 1.28 bits per heavy atom. The van der Waals surface area contributed by atoms with E-state index in [0.717, 1.165) is 22.4 Å². The lowest BCUT2D eigenvalue weighted by atomic mass is 10.1. The zero-order valence-corrected chi connectivity index (χ0v) is 10.5. The minimum absolute atomic E-state index is 0.218. The molecule has 0 saturated heterocycles. The Hall–Kier alpha value is -2.23. The molecule has 0 aliphatic heterocycles. The molecule has 2 aromatic rings. The van der Waals surface area contributed by atoms with Gasteiger partial charge in [-0.2, -0.15) is 0 Å². The van der Waals surface area contributed by atoms with Crippen molar-refractivity contribution in [1.29, 1.82) is 0 Å². The van der Waals surface area contributed by atoms with Gasteiger partial charge in [0, 0.05) is 17.8 Å². The van der Waals surface area contributed by atoms with E-state index in [1.54, 1.807) is 12.5 Å². The highest BCUT2D eigenvalue weighted by atomic mass is 16.3. The van der Waals surface area contributed by atoms with Gasteiger partial charge in [-0.1, -0.05) is 12.1 Å². The molecule has 0 saturated carbocycles. The first-order valence-electron chi connectivity index (χ1n) is 5.79. The Labute approximate surface area is 106 Å². The van der Waals surface area contributed by atoms with Gasteiger partial charge in [0.15, 0.2) is 0 Å². The molecule has 1 aromatic carbocycles. The van der Waals surface area contributed by atoms with Crippen LogP contribution < -0.4 is 10.6 Å². The number of urea groups is 1. The summed E-state index contributed by atoms with van der Waals surface area (Å²) in [4.78, 5) is 11.7. The third-order valence-corrected chi connectivity index (χ3v) is 2.89. The number of hydrogen-bond acceptors (Lipinski definition) is 2. The second-order valence-electron chi connectivity index (χ2n) is 4.19. The number of carbonyl (C=O) groups excluding carboxylic acids is 1. The largest absolute Gasteiger partial charge is 0.472 e. The van der Waals surface area contributed by atoms with Crippen molar-refractivity contribution < 1.29 is 9.21 Å². The molecule has 0 bridgehead atoms. The number of carbonyl (C=O) groups is 1. The Balaban J connectivity index is 1.93. The number of aryl methyl sites for hydroxylation is 1. The van der Waals surface area contributed by atoms with Crippen LogP contribution in [0, 0.1) is 13.8 Å². The highest BCUT2D eigenvalue weighted by Crippen LogP contribution is 2.17. The molecule has 0 aliphatic rings. The zero-order valence-electron chi connectivity index (χ0n) is 10.5. The maximum absolute atomic E-state index is 11.7. The Kier molecular flexibility index (Phi) is 3.67. The number of anilines is 1. The van der Waals surface area contributed by atoms with E-state index in [0.29, 0.717) is 6.54 Å². The van der Waals surface area contributed by atoms with Gasteiger partial charge in [-0.3, -0.25) is 0 Å². The minimum Gasteiger partial charge on any atom is -0.472 e. The van der Waals surface area contributed by atoms with Gasteiger partial charge in [0.05, 0.1) is 12.5 Å². The van der Waals surface area contributed by atoms with Gasteiger partial charge >= 0.3 is 6.03 Å². The molecule has 2 amide bonds. The molecule has 4 nitrogen and oxygen atoms in total. The van der Waals surface area contributed by atoms with Crippen LogP contribution in [0.15, 0.2) is 41.2 Å². The Morgan fingerprint density at radius 2 is 2.11 bits per heavy atom. The summed E-state index contributed by atoms with van der Waals surface area (Å²) in [7, 11) is 0. The average Bonchev–Trinajstić information content (AvgIpc) is 2.86. The van der Waals surface area contributed by atoms with E-state index >= 15 is 0 Å². The summed E-state index contributed by atoms with van der Waals surface area (Å²) >= 11 is 0. The second kappa shape index (κ2) is 5.40. The molecule has 18 heavy (non-hydrogen) atoms. The van der Waals surface area contributed by atoms with Crippen molar-refractivity contribution in [2.45, 2.75) is 20.4 Å². The molecule has 0 spiro atoms. The molecule has 2 rings (SSSR count). The van der Waals surface area contributed by atoms with Crippen molar-refractivity contribution in [3.05, 3.63) is 53.5 Å². The summed E-state index contributed by atoms with van der Waals surface area (Å²) in [5, 5.41) is 5.60. The van der Waals surface area contributed by atoms with E-state index in [1.165, 1.54) is 0 Å².